The van der Waals surface area contributed by atoms with Gasteiger partial charge < -0.3 is 4.90 Å². The fourth-order valence-corrected chi connectivity index (χ4v) is 2.86. The number of carbonyl (C=O) groups excluding carboxylic acids is 1. The van der Waals surface area contributed by atoms with Crippen molar-refractivity contribution in [2.45, 2.75) is 25.8 Å². The van der Waals surface area contributed by atoms with Gasteiger partial charge in [0.15, 0.2) is 0 Å². The van der Waals surface area contributed by atoms with E-state index in [1.165, 1.54) is 11.1 Å². The molecule has 0 aliphatic carbocycles. The largest absolute Gasteiger partial charge is 0.338 e. The summed E-state index contributed by atoms with van der Waals surface area (Å²) < 4.78 is 0. The van der Waals surface area contributed by atoms with E-state index in [4.69, 9.17) is 5.26 Å². The van der Waals surface area contributed by atoms with Gasteiger partial charge in [0.2, 0.25) is 5.91 Å². The quantitative estimate of drug-likeness (QED) is 0.872. The van der Waals surface area contributed by atoms with Crippen molar-refractivity contribution in [3.8, 4) is 6.07 Å². The third-order valence-electron chi connectivity index (χ3n) is 4.19. The number of nitriles is 1. The van der Waals surface area contributed by atoms with Gasteiger partial charge in [-0.25, -0.2) is 0 Å². The minimum atomic E-state index is 0.207. The first kappa shape index (κ1) is 14.3. The Morgan fingerprint density at radius 3 is 2.55 bits per heavy atom. The van der Waals surface area contributed by atoms with Crippen LogP contribution in [0.1, 0.15) is 28.7 Å². The third-order valence-corrected chi connectivity index (χ3v) is 4.19. The molecule has 3 rings (SSSR count). The van der Waals surface area contributed by atoms with E-state index in [-0.39, 0.29) is 5.91 Å². The van der Waals surface area contributed by atoms with Gasteiger partial charge in [0.1, 0.15) is 0 Å². The van der Waals surface area contributed by atoms with E-state index < -0.39 is 0 Å². The van der Waals surface area contributed by atoms with Crippen molar-refractivity contribution in [2.24, 2.45) is 0 Å². The lowest BCUT2D eigenvalue weighted by atomic mass is 9.99. The van der Waals surface area contributed by atoms with Crippen LogP contribution >= 0.6 is 0 Å². The van der Waals surface area contributed by atoms with E-state index in [1.807, 2.05) is 23.1 Å². The number of fused-ring (bicyclic) bond motifs is 1. The van der Waals surface area contributed by atoms with E-state index in [2.05, 4.69) is 24.3 Å². The topological polar surface area (TPSA) is 44.1 Å². The molecular formula is C19H18N2O. The minimum absolute atomic E-state index is 0.207. The zero-order chi connectivity index (χ0) is 15.4. The van der Waals surface area contributed by atoms with Crippen molar-refractivity contribution in [1.29, 1.82) is 5.26 Å². The van der Waals surface area contributed by atoms with E-state index in [0.717, 1.165) is 31.5 Å². The maximum absolute atomic E-state index is 12.4. The lowest BCUT2D eigenvalue weighted by molar-refractivity contribution is -0.132. The number of benzene rings is 2. The van der Waals surface area contributed by atoms with Gasteiger partial charge in [-0.05, 0) is 41.7 Å². The Bertz CT molecular complexity index is 713. The van der Waals surface area contributed by atoms with Gasteiger partial charge in [-0.2, -0.15) is 5.26 Å². The van der Waals surface area contributed by atoms with Gasteiger partial charge in [0, 0.05) is 19.5 Å². The van der Waals surface area contributed by atoms with Crippen LogP contribution in [0.4, 0.5) is 0 Å². The average Bonchev–Trinajstić information content (AvgIpc) is 2.59. The van der Waals surface area contributed by atoms with Gasteiger partial charge in [0.05, 0.1) is 11.6 Å². The highest BCUT2D eigenvalue weighted by molar-refractivity contribution is 5.76. The molecule has 1 aliphatic rings. The Balaban J connectivity index is 1.57. The van der Waals surface area contributed by atoms with Crippen molar-refractivity contribution in [2.75, 3.05) is 6.54 Å². The molecule has 0 unspecified atom stereocenters. The van der Waals surface area contributed by atoms with Crippen LogP contribution in [0.25, 0.3) is 0 Å². The summed E-state index contributed by atoms with van der Waals surface area (Å²) in [5.74, 6) is 0.207. The van der Waals surface area contributed by atoms with Crippen LogP contribution in [0.2, 0.25) is 0 Å². The summed E-state index contributed by atoms with van der Waals surface area (Å²) in [6.07, 6.45) is 2.19. The average molecular weight is 290 g/mol. The molecule has 0 fully saturated rings. The molecule has 1 amide bonds. The first-order chi connectivity index (χ1) is 10.8. The monoisotopic (exact) mass is 290 g/mol. The summed E-state index contributed by atoms with van der Waals surface area (Å²) in [5, 5.41) is 8.79. The number of nitrogens with zero attached hydrogens (tertiary/aromatic N) is 2. The lowest BCUT2D eigenvalue weighted by Crippen LogP contribution is -2.36. The first-order valence-corrected chi connectivity index (χ1v) is 7.60. The molecule has 22 heavy (non-hydrogen) atoms. The van der Waals surface area contributed by atoms with Crippen LogP contribution < -0.4 is 0 Å². The summed E-state index contributed by atoms with van der Waals surface area (Å²) in [6, 6.07) is 17.9. The standard InChI is InChI=1S/C19H18N2O/c20-13-16-7-5-15(6-8-16)9-10-19(22)21-12-11-17-3-1-2-4-18(17)14-21/h1-8H,9-12,14H2. The normalized spacial score (nSPS) is 13.3. The SMILES string of the molecule is N#Cc1ccc(CCC(=O)N2CCc3ccccc3C2)cc1. The molecule has 0 N–H and O–H groups in total. The molecular weight excluding hydrogens is 272 g/mol. The zero-order valence-corrected chi connectivity index (χ0v) is 12.5. The Labute approximate surface area is 130 Å². The summed E-state index contributed by atoms with van der Waals surface area (Å²) >= 11 is 0. The molecule has 2 aromatic rings. The second-order valence-electron chi connectivity index (χ2n) is 5.64. The predicted octanol–water partition coefficient (Wildman–Crippen LogP) is 3.08. The van der Waals surface area contributed by atoms with Crippen LogP contribution in [0, 0.1) is 11.3 Å². The second kappa shape index (κ2) is 6.44. The Kier molecular flexibility index (Phi) is 4.20. The molecule has 2 aromatic carbocycles. The van der Waals surface area contributed by atoms with Crippen molar-refractivity contribution >= 4 is 5.91 Å². The molecule has 3 heteroatoms. The number of rotatable bonds is 3. The van der Waals surface area contributed by atoms with Crippen molar-refractivity contribution in [3.63, 3.8) is 0 Å². The number of carbonyl (C=O) groups is 1. The van der Waals surface area contributed by atoms with Crippen LogP contribution in [-0.4, -0.2) is 17.4 Å². The van der Waals surface area contributed by atoms with E-state index in [1.54, 1.807) is 12.1 Å². The Hall–Kier alpha value is -2.60. The highest BCUT2D eigenvalue weighted by atomic mass is 16.2. The molecule has 0 aromatic heterocycles. The smallest absolute Gasteiger partial charge is 0.223 e. The summed E-state index contributed by atoms with van der Waals surface area (Å²) in [4.78, 5) is 14.3. The number of hydrogen-bond donors (Lipinski definition) is 0. The van der Waals surface area contributed by atoms with Crippen molar-refractivity contribution in [1.82, 2.24) is 4.90 Å². The summed E-state index contributed by atoms with van der Waals surface area (Å²) in [7, 11) is 0. The first-order valence-electron chi connectivity index (χ1n) is 7.60. The predicted molar refractivity (Wildman–Crippen MR) is 85.0 cm³/mol. The number of hydrogen-bond acceptors (Lipinski definition) is 2. The second-order valence-corrected chi connectivity index (χ2v) is 5.64. The van der Waals surface area contributed by atoms with Crippen molar-refractivity contribution < 1.29 is 4.79 Å². The molecule has 0 saturated heterocycles. The van der Waals surface area contributed by atoms with Crippen LogP contribution in [-0.2, 0) is 24.2 Å². The molecule has 0 radical (unpaired) electrons. The number of aryl methyl sites for hydroxylation is 1. The van der Waals surface area contributed by atoms with Gasteiger partial charge in [0.25, 0.3) is 0 Å². The molecule has 110 valence electrons. The third kappa shape index (κ3) is 3.17. The fourth-order valence-electron chi connectivity index (χ4n) is 2.86. The number of amides is 1. The van der Waals surface area contributed by atoms with Crippen LogP contribution in [0.3, 0.4) is 0 Å². The van der Waals surface area contributed by atoms with Crippen LogP contribution in [0.5, 0.6) is 0 Å². The van der Waals surface area contributed by atoms with E-state index in [0.29, 0.717) is 12.0 Å². The molecule has 0 saturated carbocycles. The van der Waals surface area contributed by atoms with Crippen LogP contribution in [0.15, 0.2) is 48.5 Å². The van der Waals surface area contributed by atoms with Gasteiger partial charge in [-0.1, -0.05) is 36.4 Å². The molecule has 0 atom stereocenters. The maximum atomic E-state index is 12.4. The van der Waals surface area contributed by atoms with Gasteiger partial charge in [-0.15, -0.1) is 0 Å². The minimum Gasteiger partial charge on any atom is -0.338 e. The summed E-state index contributed by atoms with van der Waals surface area (Å²) in [5.41, 5.74) is 4.38. The molecule has 0 spiro atoms. The van der Waals surface area contributed by atoms with Gasteiger partial charge >= 0.3 is 0 Å². The molecule has 0 bridgehead atoms. The van der Waals surface area contributed by atoms with E-state index in [9.17, 15) is 4.79 Å². The Morgan fingerprint density at radius 1 is 1.09 bits per heavy atom. The van der Waals surface area contributed by atoms with E-state index >= 15 is 0 Å². The Morgan fingerprint density at radius 2 is 1.82 bits per heavy atom. The van der Waals surface area contributed by atoms with Crippen molar-refractivity contribution in [3.05, 3.63) is 70.8 Å². The highest BCUT2D eigenvalue weighted by Gasteiger charge is 2.19. The molecule has 3 nitrogen and oxygen atoms in total. The summed E-state index contributed by atoms with van der Waals surface area (Å²) in [6.45, 7) is 1.53. The van der Waals surface area contributed by atoms with Gasteiger partial charge in [-0.3, -0.25) is 4.79 Å². The fraction of sp³-hybridized carbons (Fsp3) is 0.263. The maximum Gasteiger partial charge on any atom is 0.223 e. The molecule has 1 heterocycles. The molecule has 1 aliphatic heterocycles. The highest BCUT2D eigenvalue weighted by Crippen LogP contribution is 2.19. The zero-order valence-electron chi connectivity index (χ0n) is 12.5. The lowest BCUT2D eigenvalue weighted by Gasteiger charge is -2.29.